The molecule has 282 valence electrons. The Morgan fingerprint density at radius 1 is 1.15 bits per heavy atom. The third-order valence-electron chi connectivity index (χ3n) is 10.5. The number of esters is 1. The van der Waals surface area contributed by atoms with Gasteiger partial charge in [0.1, 0.15) is 30.4 Å². The Hall–Kier alpha value is -4.40. The summed E-state index contributed by atoms with van der Waals surface area (Å²) in [5, 5.41) is 22.3. The summed E-state index contributed by atoms with van der Waals surface area (Å²) in [5.41, 5.74) is 0.744. The monoisotopic (exact) mass is 790 g/mol. The quantitative estimate of drug-likeness (QED) is 0.118. The van der Waals surface area contributed by atoms with Gasteiger partial charge in [0.05, 0.1) is 42.1 Å². The number of hydrogen-bond acceptors (Lipinski definition) is 9. The number of aliphatic hydroxyl groups excluding tert-OH is 1. The molecule has 3 fully saturated rings. The van der Waals surface area contributed by atoms with Crippen LogP contribution in [0.2, 0.25) is 0 Å². The molecule has 4 heterocycles. The molecule has 3 saturated heterocycles. The van der Waals surface area contributed by atoms with Gasteiger partial charge in [-0.15, -0.1) is 18.3 Å². The van der Waals surface area contributed by atoms with E-state index in [1.165, 1.54) is 4.90 Å². The lowest BCUT2D eigenvalue weighted by Gasteiger charge is -2.39. The molecule has 13 nitrogen and oxygen atoms in total. The molecule has 8 atom stereocenters. The molecular formula is C39H47BrN6O7. The predicted octanol–water partition coefficient (Wildman–Crippen LogP) is 3.93. The molecule has 2 bridgehead atoms. The number of ether oxygens (including phenoxy) is 2. The van der Waals surface area contributed by atoms with Crippen molar-refractivity contribution in [1.29, 1.82) is 0 Å². The Balaban J connectivity index is 1.35. The van der Waals surface area contributed by atoms with E-state index in [-0.39, 0.29) is 43.6 Å². The lowest BCUT2D eigenvalue weighted by atomic mass is 9.70. The smallest absolute Gasteiger partial charge is 0.306 e. The second-order valence-corrected chi connectivity index (χ2v) is 15.6. The van der Waals surface area contributed by atoms with E-state index in [1.807, 2.05) is 68.4 Å². The third kappa shape index (κ3) is 7.41. The number of aliphatic hydroxyl groups is 1. The number of fused-ring (bicyclic) bond motifs is 2. The first-order chi connectivity index (χ1) is 25.5. The van der Waals surface area contributed by atoms with E-state index in [9.17, 15) is 19.5 Å². The lowest BCUT2D eigenvalue weighted by Crippen LogP contribution is -2.59. The molecule has 0 radical (unpaired) electrons. The lowest BCUT2D eigenvalue weighted by molar-refractivity contribution is -0.152. The number of halogens is 1. The maximum Gasteiger partial charge on any atom is 0.306 e. The number of nitrogens with zero attached hydrogens (tertiary/aromatic N) is 5. The minimum Gasteiger partial charge on any atom is -0.463 e. The van der Waals surface area contributed by atoms with E-state index in [1.54, 1.807) is 21.7 Å². The molecule has 1 spiro atoms. The topological polar surface area (TPSA) is 156 Å². The van der Waals surface area contributed by atoms with Crippen molar-refractivity contribution in [1.82, 2.24) is 30.1 Å². The van der Waals surface area contributed by atoms with E-state index in [4.69, 9.17) is 9.47 Å². The summed E-state index contributed by atoms with van der Waals surface area (Å²) in [7, 11) is 0. The zero-order valence-electron chi connectivity index (χ0n) is 30.1. The maximum atomic E-state index is 15.0. The van der Waals surface area contributed by atoms with Crippen molar-refractivity contribution in [2.75, 3.05) is 19.8 Å². The van der Waals surface area contributed by atoms with Gasteiger partial charge in [-0.3, -0.25) is 19.2 Å². The van der Waals surface area contributed by atoms with Crippen molar-refractivity contribution >= 4 is 50.7 Å². The van der Waals surface area contributed by atoms with Crippen LogP contribution in [-0.2, 0) is 35.3 Å². The summed E-state index contributed by atoms with van der Waals surface area (Å²) < 4.78 is 14.0. The normalized spacial score (nSPS) is 25.6. The SMILES string of the molecule is C=CCCC(=O)OC[C@@H](NC(=O)[C@@H]1[C@H]2O[C@@]3(CC2Br)[C@H](C(=O)N(CC=C)Cn2nnc4ccccc42)N([C@@H](CO)CC(C)C)C(=O)[C@@H]13)c1ccccc1. The van der Waals surface area contributed by atoms with Crippen molar-refractivity contribution in [3.8, 4) is 0 Å². The average molecular weight is 792 g/mol. The minimum atomic E-state index is -1.37. The van der Waals surface area contributed by atoms with Gasteiger partial charge in [0, 0.05) is 17.8 Å². The van der Waals surface area contributed by atoms with Crippen LogP contribution < -0.4 is 5.32 Å². The molecule has 1 unspecified atom stereocenters. The van der Waals surface area contributed by atoms with Crippen molar-refractivity contribution in [3.05, 3.63) is 85.5 Å². The number of hydrogen-bond donors (Lipinski definition) is 2. The minimum absolute atomic E-state index is 0.0218. The first kappa shape index (κ1) is 38.3. The van der Waals surface area contributed by atoms with Gasteiger partial charge in [-0.1, -0.05) is 89.6 Å². The summed E-state index contributed by atoms with van der Waals surface area (Å²) in [6.07, 6.45) is 3.85. The molecular weight excluding hydrogens is 744 g/mol. The van der Waals surface area contributed by atoms with E-state index < -0.39 is 65.4 Å². The Bertz CT molecular complexity index is 1840. The molecule has 53 heavy (non-hydrogen) atoms. The van der Waals surface area contributed by atoms with Crippen LogP contribution in [0.3, 0.4) is 0 Å². The first-order valence-corrected chi connectivity index (χ1v) is 19.0. The van der Waals surface area contributed by atoms with Gasteiger partial charge in [0.2, 0.25) is 17.7 Å². The number of likely N-dealkylation sites (tertiary alicyclic amines) is 1. The Morgan fingerprint density at radius 3 is 2.58 bits per heavy atom. The molecule has 3 amide bonds. The number of rotatable bonds is 17. The van der Waals surface area contributed by atoms with Crippen LogP contribution in [0, 0.1) is 17.8 Å². The fourth-order valence-electron chi connectivity index (χ4n) is 8.23. The van der Waals surface area contributed by atoms with Crippen LogP contribution in [0.4, 0.5) is 0 Å². The van der Waals surface area contributed by atoms with Gasteiger partial charge < -0.3 is 29.7 Å². The number of benzene rings is 2. The number of carbonyl (C=O) groups excluding carboxylic acids is 4. The highest BCUT2D eigenvalue weighted by molar-refractivity contribution is 9.09. The molecule has 0 saturated carbocycles. The van der Waals surface area contributed by atoms with Crippen molar-refractivity contribution in [3.63, 3.8) is 0 Å². The Labute approximate surface area is 317 Å². The molecule has 3 aliphatic rings. The number of amides is 3. The molecule has 14 heteroatoms. The fraction of sp³-hybridized carbons (Fsp3) is 0.487. The van der Waals surface area contributed by atoms with E-state index in [0.29, 0.717) is 24.8 Å². The fourth-order valence-corrected chi connectivity index (χ4v) is 9.18. The van der Waals surface area contributed by atoms with Gasteiger partial charge in [-0.2, -0.15) is 0 Å². The van der Waals surface area contributed by atoms with Crippen LogP contribution in [0.15, 0.2) is 79.9 Å². The summed E-state index contributed by atoms with van der Waals surface area (Å²) >= 11 is 3.75. The number of allylic oxidation sites excluding steroid dienone is 1. The molecule has 2 aromatic carbocycles. The van der Waals surface area contributed by atoms with E-state index in [0.717, 1.165) is 11.1 Å². The number of nitrogens with one attached hydrogen (secondary N) is 1. The summed E-state index contributed by atoms with van der Waals surface area (Å²) in [5.74, 6) is -3.60. The molecule has 6 rings (SSSR count). The maximum absolute atomic E-state index is 15.0. The van der Waals surface area contributed by atoms with Crippen LogP contribution in [0.25, 0.3) is 11.0 Å². The van der Waals surface area contributed by atoms with E-state index in [2.05, 4.69) is 44.7 Å². The molecule has 0 aliphatic carbocycles. The second-order valence-electron chi connectivity index (χ2n) is 14.4. The zero-order chi connectivity index (χ0) is 37.9. The number of carbonyl (C=O) groups is 4. The third-order valence-corrected chi connectivity index (χ3v) is 11.3. The summed E-state index contributed by atoms with van der Waals surface area (Å²) in [6.45, 7) is 11.2. The highest BCUT2D eigenvalue weighted by Gasteiger charge is 2.77. The van der Waals surface area contributed by atoms with Crippen molar-refractivity contribution in [2.24, 2.45) is 17.8 Å². The van der Waals surface area contributed by atoms with Gasteiger partial charge in [0.15, 0.2) is 0 Å². The average Bonchev–Trinajstić information content (AvgIpc) is 3.88. The first-order valence-electron chi connectivity index (χ1n) is 18.1. The number of alkyl halides is 1. The van der Waals surface area contributed by atoms with Crippen LogP contribution >= 0.6 is 15.9 Å². The van der Waals surface area contributed by atoms with Crippen molar-refractivity contribution in [2.45, 2.75) is 80.9 Å². The summed E-state index contributed by atoms with van der Waals surface area (Å²) in [4.78, 5) is 59.6. The highest BCUT2D eigenvalue weighted by Crippen LogP contribution is 2.60. The summed E-state index contributed by atoms with van der Waals surface area (Å²) in [6, 6.07) is 14.0. The van der Waals surface area contributed by atoms with Crippen LogP contribution in [0.5, 0.6) is 0 Å². The Kier molecular flexibility index (Phi) is 11.8. The Morgan fingerprint density at radius 2 is 1.89 bits per heavy atom. The van der Waals surface area contributed by atoms with Crippen LogP contribution in [0.1, 0.15) is 51.1 Å². The van der Waals surface area contributed by atoms with Gasteiger partial charge in [-0.25, -0.2) is 4.68 Å². The number of aromatic nitrogens is 3. The van der Waals surface area contributed by atoms with Gasteiger partial charge in [-0.05, 0) is 42.9 Å². The van der Waals surface area contributed by atoms with Gasteiger partial charge >= 0.3 is 5.97 Å². The predicted molar refractivity (Wildman–Crippen MR) is 200 cm³/mol. The molecule has 3 aromatic rings. The second kappa shape index (κ2) is 16.3. The molecule has 2 N–H and O–H groups in total. The highest BCUT2D eigenvalue weighted by atomic mass is 79.9. The van der Waals surface area contributed by atoms with Crippen molar-refractivity contribution < 1.29 is 33.8 Å². The zero-order valence-corrected chi connectivity index (χ0v) is 31.6. The molecule has 3 aliphatic heterocycles. The molecule has 1 aromatic heterocycles. The standard InChI is InChI=1S/C39H47BrN6O7/c1-5-7-17-31(48)52-22-29(25-13-9-8-10-14-25)41-36(49)32-33-37(50)46(26(21-47)19-24(3)4)35(39(33)20-27(40)34(32)53-39)38(51)44(18-6-2)23-45-30-16-12-11-15-28(30)42-43-45/h5-6,8-16,24,26-27,29,32-35,47H,1-2,7,17-23H2,3-4H3,(H,41,49)/t26-,27?,29-,32+,33-,34+,35+,39-/m1/s1. The van der Waals surface area contributed by atoms with Crippen LogP contribution in [-0.4, -0.2) is 102 Å². The van der Waals surface area contributed by atoms with Gasteiger partial charge in [0.25, 0.3) is 0 Å². The number of para-hydroxylation sites is 1. The largest absolute Gasteiger partial charge is 0.463 e. The van der Waals surface area contributed by atoms with E-state index >= 15 is 4.79 Å².